The Hall–Kier alpha value is -3.41. The molecule has 0 aliphatic heterocycles. The predicted molar refractivity (Wildman–Crippen MR) is 138 cm³/mol. The van der Waals surface area contributed by atoms with E-state index in [4.69, 9.17) is 16.1 Å². The number of hydrogen-bond donors (Lipinski definition) is 3. The third-order valence-corrected chi connectivity index (χ3v) is 6.72. The average Bonchev–Trinajstić information content (AvgIpc) is 3.46. The lowest BCUT2D eigenvalue weighted by Gasteiger charge is -2.12. The quantitative estimate of drug-likeness (QED) is 0.260. The van der Waals surface area contributed by atoms with Crippen molar-refractivity contribution >= 4 is 64.0 Å². The molecule has 3 amide bonds. The summed E-state index contributed by atoms with van der Waals surface area (Å²) in [4.78, 5) is 25.9. The van der Waals surface area contributed by atoms with Crippen LogP contribution in [0.1, 0.15) is 37.0 Å². The van der Waals surface area contributed by atoms with Gasteiger partial charge in [-0.1, -0.05) is 53.8 Å². The van der Waals surface area contributed by atoms with E-state index in [2.05, 4.69) is 30.7 Å². The molecule has 35 heavy (non-hydrogen) atoms. The van der Waals surface area contributed by atoms with E-state index in [1.165, 1.54) is 11.8 Å². The first kappa shape index (κ1) is 24.7. The van der Waals surface area contributed by atoms with Crippen molar-refractivity contribution in [3.05, 3.63) is 71.1 Å². The van der Waals surface area contributed by atoms with Crippen LogP contribution in [-0.4, -0.2) is 26.7 Å². The topological polar surface area (TPSA) is 122 Å². The van der Waals surface area contributed by atoms with Crippen LogP contribution in [0.5, 0.6) is 0 Å². The second-order valence-electron chi connectivity index (χ2n) is 8.40. The van der Waals surface area contributed by atoms with Crippen LogP contribution in [0.4, 0.5) is 22.0 Å². The molecule has 0 saturated heterocycles. The Labute approximate surface area is 214 Å². The second-order valence-corrected chi connectivity index (χ2v) is 10.9. The fourth-order valence-corrected chi connectivity index (χ4v) is 4.59. The molecule has 0 aliphatic carbocycles. The van der Waals surface area contributed by atoms with E-state index in [-0.39, 0.29) is 17.0 Å². The van der Waals surface area contributed by atoms with Gasteiger partial charge >= 0.3 is 6.03 Å². The highest BCUT2D eigenvalue weighted by Gasteiger charge is 2.21. The molecule has 0 atom stereocenters. The van der Waals surface area contributed by atoms with Crippen molar-refractivity contribution in [2.45, 2.75) is 35.3 Å². The Balaban J connectivity index is 1.33. The maximum absolute atomic E-state index is 12.7. The van der Waals surface area contributed by atoms with Gasteiger partial charge in [-0.25, -0.2) is 4.79 Å². The van der Waals surface area contributed by atoms with Gasteiger partial charge < -0.3 is 15.2 Å². The number of hydrogen-bond acceptors (Lipinski definition) is 8. The maximum Gasteiger partial charge on any atom is 0.324 e. The van der Waals surface area contributed by atoms with Crippen LogP contribution in [0.2, 0.25) is 5.02 Å². The smallest absolute Gasteiger partial charge is 0.324 e. The lowest BCUT2D eigenvalue weighted by Crippen LogP contribution is -2.19. The van der Waals surface area contributed by atoms with Crippen LogP contribution in [-0.2, 0) is 5.41 Å². The minimum atomic E-state index is -0.465. The van der Waals surface area contributed by atoms with Crippen molar-refractivity contribution in [1.82, 2.24) is 14.7 Å². The second kappa shape index (κ2) is 10.5. The molecule has 0 unspecified atom stereocenters. The molecule has 2 heterocycles. The SMILES string of the molecule is CC(C)(C)c1cc(NC(=O)Nc2ccc(NC(=O)c3nnsc3Sc3ccc(Cl)cc3)cc2)no1. The summed E-state index contributed by atoms with van der Waals surface area (Å²) in [5.41, 5.74) is 1.10. The van der Waals surface area contributed by atoms with Gasteiger partial charge in [0.05, 0.1) is 0 Å². The van der Waals surface area contributed by atoms with Crippen molar-refractivity contribution in [2.24, 2.45) is 0 Å². The number of carbonyl (C=O) groups is 2. The third kappa shape index (κ3) is 6.59. The first-order chi connectivity index (χ1) is 16.7. The van der Waals surface area contributed by atoms with Crippen LogP contribution in [0.3, 0.4) is 0 Å². The van der Waals surface area contributed by atoms with E-state index in [0.717, 1.165) is 16.4 Å². The first-order valence-electron chi connectivity index (χ1n) is 10.4. The van der Waals surface area contributed by atoms with E-state index < -0.39 is 6.03 Å². The highest BCUT2D eigenvalue weighted by atomic mass is 35.5. The van der Waals surface area contributed by atoms with Gasteiger partial charge in [0.2, 0.25) is 0 Å². The summed E-state index contributed by atoms with van der Waals surface area (Å²) in [5, 5.41) is 16.6. The molecule has 0 spiro atoms. The number of nitrogens with zero attached hydrogens (tertiary/aromatic N) is 3. The number of benzene rings is 2. The van der Waals surface area contributed by atoms with Crippen LogP contribution in [0.15, 0.2) is 68.2 Å². The Morgan fingerprint density at radius 1 is 0.971 bits per heavy atom. The van der Waals surface area contributed by atoms with Crippen molar-refractivity contribution < 1.29 is 14.1 Å². The fourth-order valence-electron chi connectivity index (χ4n) is 2.79. The minimum Gasteiger partial charge on any atom is -0.359 e. The molecular weight excluding hydrogens is 508 g/mol. The van der Waals surface area contributed by atoms with Crippen LogP contribution in [0, 0.1) is 0 Å². The van der Waals surface area contributed by atoms with Crippen molar-refractivity contribution in [1.29, 1.82) is 0 Å². The molecule has 2 aromatic carbocycles. The Bertz CT molecular complexity index is 1330. The van der Waals surface area contributed by atoms with Gasteiger partial charge in [0, 0.05) is 32.8 Å². The summed E-state index contributed by atoms with van der Waals surface area (Å²) in [5.74, 6) is 0.604. The number of aromatic nitrogens is 3. The van der Waals surface area contributed by atoms with Crippen LogP contribution < -0.4 is 16.0 Å². The van der Waals surface area contributed by atoms with E-state index in [1.54, 1.807) is 42.5 Å². The summed E-state index contributed by atoms with van der Waals surface area (Å²) in [6.07, 6.45) is 0. The zero-order valence-electron chi connectivity index (χ0n) is 19.0. The first-order valence-corrected chi connectivity index (χ1v) is 12.4. The van der Waals surface area contributed by atoms with Crippen molar-refractivity contribution in [3.63, 3.8) is 0 Å². The summed E-state index contributed by atoms with van der Waals surface area (Å²) in [6.45, 7) is 5.96. The molecule has 12 heteroatoms. The minimum absolute atomic E-state index is 0.215. The summed E-state index contributed by atoms with van der Waals surface area (Å²) >= 11 is 8.46. The summed E-state index contributed by atoms with van der Waals surface area (Å²) in [7, 11) is 0. The van der Waals surface area contributed by atoms with Gasteiger partial charge in [0.1, 0.15) is 9.97 Å². The maximum atomic E-state index is 12.7. The largest absolute Gasteiger partial charge is 0.359 e. The Kier molecular flexibility index (Phi) is 7.39. The fraction of sp³-hybridized carbons (Fsp3) is 0.174. The zero-order chi connectivity index (χ0) is 25.0. The number of carbonyl (C=O) groups excluding carboxylic acids is 2. The van der Waals surface area contributed by atoms with E-state index >= 15 is 0 Å². The molecule has 4 aromatic rings. The molecule has 0 fully saturated rings. The van der Waals surface area contributed by atoms with Crippen molar-refractivity contribution in [3.8, 4) is 0 Å². The van der Waals surface area contributed by atoms with Crippen LogP contribution >= 0.6 is 34.9 Å². The Morgan fingerprint density at radius 3 is 2.26 bits per heavy atom. The highest BCUT2D eigenvalue weighted by molar-refractivity contribution is 8.01. The molecule has 0 bridgehead atoms. The van der Waals surface area contributed by atoms with Gasteiger partial charge in [0.15, 0.2) is 11.5 Å². The van der Waals surface area contributed by atoms with Gasteiger partial charge in [-0.2, -0.15) is 0 Å². The Morgan fingerprint density at radius 2 is 1.63 bits per heavy atom. The molecule has 0 aliphatic rings. The van der Waals surface area contributed by atoms with E-state index in [1.807, 2.05) is 32.9 Å². The highest BCUT2D eigenvalue weighted by Crippen LogP contribution is 2.33. The third-order valence-electron chi connectivity index (χ3n) is 4.59. The summed E-state index contributed by atoms with van der Waals surface area (Å²) in [6, 6.07) is 15.2. The monoisotopic (exact) mass is 528 g/mol. The predicted octanol–water partition coefficient (Wildman–Crippen LogP) is 6.52. The lowest BCUT2D eigenvalue weighted by atomic mass is 9.93. The van der Waals surface area contributed by atoms with Crippen molar-refractivity contribution in [2.75, 3.05) is 16.0 Å². The number of nitrogens with one attached hydrogen (secondary N) is 3. The van der Waals surface area contributed by atoms with Crippen LogP contribution in [0.25, 0.3) is 0 Å². The standard InChI is InChI=1S/C23H21ClN6O3S2/c1-23(2,3)17-12-18(29-33-17)27-22(32)26-15-8-6-14(7-9-15)25-20(31)19-21(35-30-28-19)34-16-10-4-13(24)5-11-16/h4-12H,1-3H3,(H,25,31)(H2,26,27,29,32). The number of amides is 3. The molecule has 2 aromatic heterocycles. The lowest BCUT2D eigenvalue weighted by molar-refractivity contribution is 0.101. The number of halogens is 1. The molecule has 0 radical (unpaired) electrons. The number of anilines is 3. The van der Waals surface area contributed by atoms with E-state index in [9.17, 15) is 9.59 Å². The normalized spacial score (nSPS) is 11.2. The van der Waals surface area contributed by atoms with Gasteiger partial charge in [-0.05, 0) is 60.1 Å². The zero-order valence-corrected chi connectivity index (χ0v) is 21.3. The number of rotatable bonds is 6. The average molecular weight is 529 g/mol. The molecular formula is C23H21ClN6O3S2. The molecule has 4 rings (SSSR count). The molecule has 0 saturated carbocycles. The molecule has 3 N–H and O–H groups in total. The molecule has 9 nitrogen and oxygen atoms in total. The summed E-state index contributed by atoms with van der Waals surface area (Å²) < 4.78 is 9.84. The molecule has 180 valence electrons. The van der Waals surface area contributed by atoms with Gasteiger partial charge in [0.25, 0.3) is 5.91 Å². The van der Waals surface area contributed by atoms with Gasteiger partial charge in [-0.3, -0.25) is 10.1 Å². The van der Waals surface area contributed by atoms with E-state index in [0.29, 0.717) is 32.2 Å². The van der Waals surface area contributed by atoms with Gasteiger partial charge in [-0.15, -0.1) is 5.10 Å². The number of urea groups is 1.